The number of amides is 1. The maximum atomic E-state index is 13.0. The van der Waals surface area contributed by atoms with Crippen molar-refractivity contribution in [2.24, 2.45) is 0 Å². The molecule has 0 bridgehead atoms. The molecule has 1 unspecified atom stereocenters. The maximum Gasteiger partial charge on any atom is 0.338 e. The Morgan fingerprint density at radius 3 is 2.69 bits per heavy atom. The molecule has 0 aliphatic heterocycles. The molecule has 1 amide bonds. The lowest BCUT2D eigenvalue weighted by Gasteiger charge is -2.14. The Hall–Kier alpha value is -2.97. The molecule has 0 saturated heterocycles. The molecule has 0 aliphatic carbocycles. The Labute approximate surface area is 194 Å². The largest absolute Gasteiger partial charge is 0.462 e. The van der Waals surface area contributed by atoms with Crippen molar-refractivity contribution in [2.45, 2.75) is 37.5 Å². The standard InChI is InChI=1S/C24H23N3O3S2/c1-4-19(31-21-12-14(3)16-8-6-7-9-17(16)25-21)22(28)27-24-26-18-11-10-15(13-20(18)32-24)23(29)30-5-2/h6-13,19H,4-5H2,1-3H3,(H,26,27,28). The smallest absolute Gasteiger partial charge is 0.338 e. The van der Waals surface area contributed by atoms with Gasteiger partial charge in [0.1, 0.15) is 0 Å². The first kappa shape index (κ1) is 22.2. The lowest BCUT2D eigenvalue weighted by atomic mass is 10.1. The molecule has 2 aromatic heterocycles. The highest BCUT2D eigenvalue weighted by molar-refractivity contribution is 8.00. The predicted molar refractivity (Wildman–Crippen MR) is 131 cm³/mol. The number of benzene rings is 2. The normalized spacial score (nSPS) is 12.1. The molecule has 8 heteroatoms. The number of nitrogens with one attached hydrogen (secondary N) is 1. The Morgan fingerprint density at radius 1 is 1.09 bits per heavy atom. The number of nitrogens with zero attached hydrogens (tertiary/aromatic N) is 2. The second kappa shape index (κ2) is 9.67. The zero-order chi connectivity index (χ0) is 22.7. The molecular formula is C24H23N3O3S2. The fraction of sp³-hybridized carbons (Fsp3) is 0.250. The van der Waals surface area contributed by atoms with Crippen LogP contribution >= 0.6 is 23.1 Å². The van der Waals surface area contributed by atoms with E-state index in [2.05, 4.69) is 23.3 Å². The van der Waals surface area contributed by atoms with Crippen molar-refractivity contribution in [1.82, 2.24) is 9.97 Å². The first-order chi connectivity index (χ1) is 15.5. The predicted octanol–water partition coefficient (Wildman–Crippen LogP) is 5.84. The van der Waals surface area contributed by atoms with Gasteiger partial charge in [-0.25, -0.2) is 14.8 Å². The van der Waals surface area contributed by atoms with E-state index in [-0.39, 0.29) is 17.1 Å². The number of rotatable bonds is 7. The molecule has 164 valence electrons. The van der Waals surface area contributed by atoms with E-state index in [1.807, 2.05) is 31.2 Å². The number of para-hydroxylation sites is 1. The zero-order valence-electron chi connectivity index (χ0n) is 18.0. The monoisotopic (exact) mass is 465 g/mol. The molecule has 4 aromatic rings. The van der Waals surface area contributed by atoms with Crippen LogP contribution in [0.4, 0.5) is 5.13 Å². The fourth-order valence-corrected chi connectivity index (χ4v) is 5.28. The summed E-state index contributed by atoms with van der Waals surface area (Å²) in [5, 5.41) is 5.08. The van der Waals surface area contributed by atoms with Crippen LogP contribution in [0.25, 0.3) is 21.1 Å². The molecule has 0 radical (unpaired) electrons. The van der Waals surface area contributed by atoms with Crippen molar-refractivity contribution < 1.29 is 14.3 Å². The van der Waals surface area contributed by atoms with Crippen LogP contribution in [0.15, 0.2) is 53.6 Å². The molecule has 1 atom stereocenters. The summed E-state index contributed by atoms with van der Waals surface area (Å²) in [6, 6.07) is 15.2. The minimum atomic E-state index is -0.367. The van der Waals surface area contributed by atoms with Crippen molar-refractivity contribution >= 4 is 61.2 Å². The van der Waals surface area contributed by atoms with Gasteiger partial charge in [0.2, 0.25) is 5.91 Å². The molecule has 0 fully saturated rings. The molecule has 0 aliphatic rings. The van der Waals surface area contributed by atoms with Crippen molar-refractivity contribution in [3.63, 3.8) is 0 Å². The number of aromatic nitrogens is 2. The van der Waals surface area contributed by atoms with Gasteiger partial charge in [0.05, 0.1) is 38.2 Å². The molecule has 4 rings (SSSR count). The Balaban J connectivity index is 1.50. The third-order valence-electron chi connectivity index (χ3n) is 4.96. The van der Waals surface area contributed by atoms with E-state index in [9.17, 15) is 9.59 Å². The zero-order valence-corrected chi connectivity index (χ0v) is 19.7. The number of aryl methyl sites for hydroxylation is 1. The van der Waals surface area contributed by atoms with Crippen LogP contribution in [0, 0.1) is 6.92 Å². The van der Waals surface area contributed by atoms with E-state index in [0.717, 1.165) is 31.7 Å². The average molecular weight is 466 g/mol. The van der Waals surface area contributed by atoms with E-state index in [1.165, 1.54) is 23.1 Å². The molecule has 1 N–H and O–H groups in total. The van der Waals surface area contributed by atoms with Crippen LogP contribution in [0.1, 0.15) is 36.2 Å². The fourth-order valence-electron chi connectivity index (χ4n) is 3.35. The summed E-state index contributed by atoms with van der Waals surface area (Å²) >= 11 is 2.79. The van der Waals surface area contributed by atoms with E-state index in [1.54, 1.807) is 25.1 Å². The van der Waals surface area contributed by atoms with Gasteiger partial charge in [-0.05, 0) is 56.2 Å². The van der Waals surface area contributed by atoms with Gasteiger partial charge in [-0.3, -0.25) is 4.79 Å². The van der Waals surface area contributed by atoms with Crippen LogP contribution < -0.4 is 5.32 Å². The summed E-state index contributed by atoms with van der Waals surface area (Å²) in [7, 11) is 0. The van der Waals surface area contributed by atoms with Gasteiger partial charge in [-0.2, -0.15) is 0 Å². The average Bonchev–Trinajstić information content (AvgIpc) is 3.19. The highest BCUT2D eigenvalue weighted by atomic mass is 32.2. The summed E-state index contributed by atoms with van der Waals surface area (Å²) in [4.78, 5) is 34.1. The summed E-state index contributed by atoms with van der Waals surface area (Å²) in [6.45, 7) is 6.13. The van der Waals surface area contributed by atoms with E-state index in [4.69, 9.17) is 9.72 Å². The van der Waals surface area contributed by atoms with Gasteiger partial charge >= 0.3 is 5.97 Å². The van der Waals surface area contributed by atoms with Gasteiger partial charge in [-0.1, -0.05) is 48.2 Å². The maximum absolute atomic E-state index is 13.0. The van der Waals surface area contributed by atoms with Gasteiger partial charge in [0, 0.05) is 5.39 Å². The van der Waals surface area contributed by atoms with E-state index >= 15 is 0 Å². The number of esters is 1. The highest BCUT2D eigenvalue weighted by Gasteiger charge is 2.21. The second-order valence-corrected chi connectivity index (χ2v) is 9.47. The number of ether oxygens (including phenoxy) is 1. The van der Waals surface area contributed by atoms with Crippen LogP contribution in [-0.4, -0.2) is 33.7 Å². The Bertz CT molecular complexity index is 1300. The number of thioether (sulfide) groups is 1. The van der Waals surface area contributed by atoms with Crippen molar-refractivity contribution in [3.8, 4) is 0 Å². The number of hydrogen-bond donors (Lipinski definition) is 1. The number of anilines is 1. The van der Waals surface area contributed by atoms with Gasteiger partial charge in [-0.15, -0.1) is 0 Å². The number of carbonyl (C=O) groups excluding carboxylic acids is 2. The molecule has 32 heavy (non-hydrogen) atoms. The minimum Gasteiger partial charge on any atom is -0.462 e. The number of thiazole rings is 1. The summed E-state index contributed by atoms with van der Waals surface area (Å²) in [5.74, 6) is -0.483. The molecule has 0 spiro atoms. The van der Waals surface area contributed by atoms with Crippen LogP contribution in [0.5, 0.6) is 0 Å². The molecular weight excluding hydrogens is 442 g/mol. The van der Waals surface area contributed by atoms with Crippen molar-refractivity contribution in [2.75, 3.05) is 11.9 Å². The van der Waals surface area contributed by atoms with Gasteiger partial charge in [0.25, 0.3) is 0 Å². The number of carbonyl (C=O) groups is 2. The Morgan fingerprint density at radius 2 is 1.91 bits per heavy atom. The van der Waals surface area contributed by atoms with Crippen LogP contribution in [0.3, 0.4) is 0 Å². The van der Waals surface area contributed by atoms with Gasteiger partial charge in [0.15, 0.2) is 5.13 Å². The van der Waals surface area contributed by atoms with Crippen LogP contribution in [0.2, 0.25) is 0 Å². The second-order valence-electron chi connectivity index (χ2n) is 7.22. The lowest BCUT2D eigenvalue weighted by molar-refractivity contribution is -0.115. The lowest BCUT2D eigenvalue weighted by Crippen LogP contribution is -2.24. The summed E-state index contributed by atoms with van der Waals surface area (Å²) < 4.78 is 5.87. The van der Waals surface area contributed by atoms with E-state index < -0.39 is 0 Å². The summed E-state index contributed by atoms with van der Waals surface area (Å²) in [5.41, 5.74) is 3.26. The highest BCUT2D eigenvalue weighted by Crippen LogP contribution is 2.31. The minimum absolute atomic E-state index is 0.116. The van der Waals surface area contributed by atoms with Gasteiger partial charge < -0.3 is 10.1 Å². The van der Waals surface area contributed by atoms with Crippen molar-refractivity contribution in [1.29, 1.82) is 0 Å². The first-order valence-electron chi connectivity index (χ1n) is 10.4. The SMILES string of the molecule is CCOC(=O)c1ccc2nc(NC(=O)C(CC)Sc3cc(C)c4ccccc4n3)sc2c1. The van der Waals surface area contributed by atoms with Crippen LogP contribution in [-0.2, 0) is 9.53 Å². The molecule has 2 aromatic carbocycles. The first-order valence-corrected chi connectivity index (χ1v) is 12.1. The van der Waals surface area contributed by atoms with Crippen molar-refractivity contribution in [3.05, 3.63) is 59.7 Å². The third-order valence-corrected chi connectivity index (χ3v) is 7.17. The molecule has 6 nitrogen and oxygen atoms in total. The quantitative estimate of drug-likeness (QED) is 0.273. The number of pyridine rings is 1. The number of hydrogen-bond acceptors (Lipinski definition) is 7. The molecule has 2 heterocycles. The Kier molecular flexibility index (Phi) is 6.72. The summed E-state index contributed by atoms with van der Waals surface area (Å²) in [6.07, 6.45) is 0.655. The van der Waals surface area contributed by atoms with E-state index in [0.29, 0.717) is 23.7 Å². The molecule has 0 saturated carbocycles. The number of fused-ring (bicyclic) bond motifs is 2. The third kappa shape index (κ3) is 4.76. The topological polar surface area (TPSA) is 81.2 Å².